The average Bonchev–Trinajstić information content (AvgIpc) is 2.24. The maximum atomic E-state index is 12.8. The lowest BCUT2D eigenvalue weighted by Gasteiger charge is -2.26. The molecule has 0 heterocycles. The van der Waals surface area contributed by atoms with Gasteiger partial charge in [-0.25, -0.2) is 0 Å². The summed E-state index contributed by atoms with van der Waals surface area (Å²) in [5.41, 5.74) is 0. The zero-order valence-corrected chi connectivity index (χ0v) is 6.88. The fourth-order valence-electron chi connectivity index (χ4n) is 0.685. The van der Waals surface area contributed by atoms with Gasteiger partial charge in [-0.1, -0.05) is 0 Å². The van der Waals surface area contributed by atoms with Gasteiger partial charge in [0.25, 0.3) is 0 Å². The molecular weight excluding hydrogens is 206 g/mol. The Morgan fingerprint density at radius 1 is 1.43 bits per heavy atom. The standard InChI is InChI=1S/C6H10F2O6/c7-6(2-10,14-8)5(13)4(12)3(11)1-9/h2-5,9,11-13H,1H2. The van der Waals surface area contributed by atoms with Crippen LogP contribution >= 0.6 is 0 Å². The van der Waals surface area contributed by atoms with Gasteiger partial charge in [-0.05, 0) is 4.53 Å². The first-order valence-electron chi connectivity index (χ1n) is 3.53. The fourth-order valence-corrected chi connectivity index (χ4v) is 0.685. The smallest absolute Gasteiger partial charge is 0.328 e. The molecule has 8 heteroatoms. The minimum Gasteiger partial charge on any atom is -0.394 e. The van der Waals surface area contributed by atoms with E-state index in [2.05, 4.69) is 4.94 Å². The number of alkyl halides is 1. The minimum absolute atomic E-state index is 0.717. The Bertz CT molecular complexity index is 191. The maximum absolute atomic E-state index is 12.8. The van der Waals surface area contributed by atoms with Crippen LogP contribution in [0.2, 0.25) is 0 Å². The molecule has 4 atom stereocenters. The number of carbonyl (C=O) groups is 1. The van der Waals surface area contributed by atoms with Crippen LogP contribution in [0.15, 0.2) is 0 Å². The zero-order chi connectivity index (χ0) is 11.4. The summed E-state index contributed by atoms with van der Waals surface area (Å²) < 4.78 is 24.3. The van der Waals surface area contributed by atoms with Crippen LogP contribution in [0.5, 0.6) is 0 Å². The number of aliphatic hydroxyl groups is 4. The normalized spacial score (nSPS) is 22.1. The lowest BCUT2D eigenvalue weighted by Crippen LogP contribution is -2.52. The largest absolute Gasteiger partial charge is 0.394 e. The maximum Gasteiger partial charge on any atom is 0.328 e. The van der Waals surface area contributed by atoms with Crippen molar-refractivity contribution in [1.29, 1.82) is 0 Å². The Morgan fingerprint density at radius 3 is 2.21 bits per heavy atom. The quantitative estimate of drug-likeness (QED) is 0.376. The SMILES string of the molecule is O=CC(F)(OF)C(O)C(O)C(O)CO. The van der Waals surface area contributed by atoms with Crippen molar-refractivity contribution in [3.05, 3.63) is 0 Å². The molecular formula is C6H10F2O6. The van der Waals surface area contributed by atoms with Gasteiger partial charge < -0.3 is 20.4 Å². The van der Waals surface area contributed by atoms with E-state index < -0.39 is 37.1 Å². The van der Waals surface area contributed by atoms with Gasteiger partial charge in [0.05, 0.1) is 6.61 Å². The molecule has 6 nitrogen and oxygen atoms in total. The first kappa shape index (κ1) is 13.3. The second kappa shape index (κ2) is 5.27. The third-order valence-corrected chi connectivity index (χ3v) is 1.59. The highest BCUT2D eigenvalue weighted by molar-refractivity contribution is 5.61. The van der Waals surface area contributed by atoms with Crippen molar-refractivity contribution in [2.24, 2.45) is 0 Å². The van der Waals surface area contributed by atoms with Gasteiger partial charge in [-0.2, -0.15) is 4.39 Å². The van der Waals surface area contributed by atoms with Crippen LogP contribution in [0.25, 0.3) is 0 Å². The Kier molecular flexibility index (Phi) is 5.02. The highest BCUT2D eigenvalue weighted by Crippen LogP contribution is 2.20. The molecule has 0 aromatic carbocycles. The van der Waals surface area contributed by atoms with Gasteiger partial charge in [0.1, 0.15) is 12.2 Å². The average molecular weight is 216 g/mol. The Morgan fingerprint density at radius 2 is 1.93 bits per heavy atom. The number of aliphatic hydroxyl groups excluding tert-OH is 4. The second-order valence-corrected chi connectivity index (χ2v) is 2.58. The Labute approximate surface area is 77.2 Å². The van der Waals surface area contributed by atoms with E-state index in [1.165, 1.54) is 0 Å². The molecule has 14 heavy (non-hydrogen) atoms. The summed E-state index contributed by atoms with van der Waals surface area (Å²) in [4.78, 5) is 12.5. The molecule has 4 unspecified atom stereocenters. The molecule has 0 aliphatic carbocycles. The van der Waals surface area contributed by atoms with E-state index in [4.69, 9.17) is 20.4 Å². The molecule has 0 aliphatic heterocycles. The third kappa shape index (κ3) is 2.66. The first-order chi connectivity index (χ1) is 6.42. The van der Waals surface area contributed by atoms with Crippen LogP contribution in [-0.4, -0.2) is 57.5 Å². The molecule has 0 aromatic rings. The number of carbonyl (C=O) groups excluding carboxylic acids is 1. The molecule has 0 saturated heterocycles. The lowest BCUT2D eigenvalue weighted by atomic mass is 10.0. The molecule has 84 valence electrons. The van der Waals surface area contributed by atoms with E-state index in [1.54, 1.807) is 0 Å². The van der Waals surface area contributed by atoms with Gasteiger partial charge in [-0.3, -0.25) is 4.79 Å². The molecule has 0 bridgehead atoms. The monoisotopic (exact) mass is 216 g/mol. The summed E-state index contributed by atoms with van der Waals surface area (Å²) in [6.07, 6.45) is -7.54. The molecule has 0 rings (SSSR count). The molecule has 4 N–H and O–H groups in total. The predicted octanol–water partition coefficient (Wildman–Crippen LogP) is -2.17. The van der Waals surface area contributed by atoms with Crippen LogP contribution in [0, 0.1) is 0 Å². The van der Waals surface area contributed by atoms with E-state index in [-0.39, 0.29) is 0 Å². The van der Waals surface area contributed by atoms with Crippen LogP contribution in [0.1, 0.15) is 0 Å². The summed E-state index contributed by atoms with van der Waals surface area (Å²) in [5.74, 6) is -3.77. The highest BCUT2D eigenvalue weighted by Gasteiger charge is 2.47. The third-order valence-electron chi connectivity index (χ3n) is 1.59. The number of hydrogen-bond donors (Lipinski definition) is 4. The molecule has 0 spiro atoms. The fraction of sp³-hybridized carbons (Fsp3) is 0.833. The van der Waals surface area contributed by atoms with E-state index in [0.717, 1.165) is 0 Å². The number of hydrogen-bond acceptors (Lipinski definition) is 6. The number of rotatable bonds is 6. The Hall–Kier alpha value is -0.670. The van der Waals surface area contributed by atoms with Gasteiger partial charge in [0.2, 0.25) is 0 Å². The molecule has 0 saturated carbocycles. The minimum atomic E-state index is -3.77. The van der Waals surface area contributed by atoms with Crippen molar-refractivity contribution in [3.8, 4) is 0 Å². The topological polar surface area (TPSA) is 107 Å². The van der Waals surface area contributed by atoms with Crippen LogP contribution < -0.4 is 0 Å². The Balaban J connectivity index is 4.57. The van der Waals surface area contributed by atoms with E-state index in [1.807, 2.05) is 0 Å². The van der Waals surface area contributed by atoms with Crippen molar-refractivity contribution < 1.29 is 39.1 Å². The first-order valence-corrected chi connectivity index (χ1v) is 3.53. The summed E-state index contributed by atoms with van der Waals surface area (Å²) in [6.45, 7) is -1.00. The molecule has 0 aliphatic rings. The number of aldehydes is 1. The molecule has 0 amide bonds. The van der Waals surface area contributed by atoms with Gasteiger partial charge >= 0.3 is 5.85 Å². The zero-order valence-electron chi connectivity index (χ0n) is 6.88. The summed E-state index contributed by atoms with van der Waals surface area (Å²) in [6, 6.07) is 0. The van der Waals surface area contributed by atoms with Crippen LogP contribution in [-0.2, 0) is 9.74 Å². The molecule has 0 aromatic heterocycles. The number of halogens is 2. The van der Waals surface area contributed by atoms with Gasteiger partial charge in [0, 0.05) is 0 Å². The predicted molar refractivity (Wildman–Crippen MR) is 37.2 cm³/mol. The van der Waals surface area contributed by atoms with Crippen molar-refractivity contribution >= 4 is 6.29 Å². The van der Waals surface area contributed by atoms with Crippen molar-refractivity contribution in [2.45, 2.75) is 24.2 Å². The summed E-state index contributed by atoms with van der Waals surface area (Å²) in [7, 11) is 0. The molecule has 0 radical (unpaired) electrons. The van der Waals surface area contributed by atoms with E-state index in [9.17, 15) is 13.7 Å². The van der Waals surface area contributed by atoms with Crippen molar-refractivity contribution in [1.82, 2.24) is 0 Å². The van der Waals surface area contributed by atoms with E-state index >= 15 is 0 Å². The molecule has 0 fully saturated rings. The summed E-state index contributed by atoms with van der Waals surface area (Å²) in [5, 5.41) is 34.8. The summed E-state index contributed by atoms with van der Waals surface area (Å²) >= 11 is 0. The lowest BCUT2D eigenvalue weighted by molar-refractivity contribution is -0.316. The van der Waals surface area contributed by atoms with Crippen LogP contribution in [0.4, 0.5) is 8.92 Å². The second-order valence-electron chi connectivity index (χ2n) is 2.58. The van der Waals surface area contributed by atoms with Crippen LogP contribution in [0.3, 0.4) is 0 Å². The highest BCUT2D eigenvalue weighted by atomic mass is 19.3. The van der Waals surface area contributed by atoms with Gasteiger partial charge in [-0.15, -0.1) is 4.94 Å². The van der Waals surface area contributed by atoms with Crippen molar-refractivity contribution in [3.63, 3.8) is 0 Å². The van der Waals surface area contributed by atoms with Crippen molar-refractivity contribution in [2.75, 3.05) is 6.61 Å². The van der Waals surface area contributed by atoms with Gasteiger partial charge in [0.15, 0.2) is 12.4 Å². The van der Waals surface area contributed by atoms with E-state index in [0.29, 0.717) is 0 Å².